The van der Waals surface area contributed by atoms with E-state index in [9.17, 15) is 0 Å². The summed E-state index contributed by atoms with van der Waals surface area (Å²) in [6, 6.07) is 94.5. The Morgan fingerprint density at radius 3 is 0.985 bits per heavy atom. The van der Waals surface area contributed by atoms with Gasteiger partial charge in [-0.2, -0.15) is 0 Å². The molecular weight excluding hydrogens is 787 g/mol. The molecule has 0 aliphatic carbocycles. The lowest BCUT2D eigenvalue weighted by molar-refractivity contribution is 1.18. The van der Waals surface area contributed by atoms with E-state index >= 15 is 0 Å². The Hall–Kier alpha value is -8.66. The molecule has 0 fully saturated rings. The third-order valence-electron chi connectivity index (χ3n) is 12.6. The van der Waals surface area contributed by atoms with Crippen molar-refractivity contribution in [3.05, 3.63) is 261 Å². The predicted molar refractivity (Wildman–Crippen MR) is 276 cm³/mol. The quantitative estimate of drug-likeness (QED) is 0.144. The largest absolute Gasteiger partial charge is 0.310 e. The number of hydrogen-bond donors (Lipinski definition) is 0. The number of aromatic nitrogens is 1. The zero-order chi connectivity index (χ0) is 43.1. The number of anilines is 6. The van der Waals surface area contributed by atoms with Crippen molar-refractivity contribution in [3.8, 4) is 27.9 Å². The van der Waals surface area contributed by atoms with Crippen LogP contribution >= 0.6 is 0 Å². The fourth-order valence-corrected chi connectivity index (χ4v) is 9.58. The van der Waals surface area contributed by atoms with E-state index in [1.165, 1.54) is 43.4 Å². The van der Waals surface area contributed by atoms with Crippen LogP contribution in [0.5, 0.6) is 0 Å². The summed E-state index contributed by atoms with van der Waals surface area (Å²) < 4.78 is 2.44. The summed E-state index contributed by atoms with van der Waals surface area (Å²) in [5, 5.41) is 7.25. The van der Waals surface area contributed by atoms with Crippen LogP contribution in [-0.2, 0) is 0 Å². The van der Waals surface area contributed by atoms with Crippen molar-refractivity contribution in [1.29, 1.82) is 0 Å². The van der Waals surface area contributed by atoms with Gasteiger partial charge < -0.3 is 14.4 Å². The van der Waals surface area contributed by atoms with Crippen LogP contribution in [0.4, 0.5) is 34.1 Å². The highest BCUT2D eigenvalue weighted by molar-refractivity contribution is 6.09. The van der Waals surface area contributed by atoms with Gasteiger partial charge >= 0.3 is 0 Å². The third-order valence-corrected chi connectivity index (χ3v) is 12.6. The van der Waals surface area contributed by atoms with Gasteiger partial charge in [-0.15, -0.1) is 0 Å². The van der Waals surface area contributed by atoms with Gasteiger partial charge in [0, 0.05) is 50.6 Å². The molecule has 3 heteroatoms. The highest BCUT2D eigenvalue weighted by Gasteiger charge is 2.17. The van der Waals surface area contributed by atoms with Crippen LogP contribution in [0.3, 0.4) is 0 Å². The molecule has 306 valence electrons. The van der Waals surface area contributed by atoms with Gasteiger partial charge in [-0.05, 0) is 159 Å². The predicted octanol–water partition coefficient (Wildman–Crippen LogP) is 17.4. The van der Waals surface area contributed by atoms with E-state index in [0.717, 1.165) is 62.1 Å². The molecule has 1 heterocycles. The van der Waals surface area contributed by atoms with E-state index in [-0.39, 0.29) is 0 Å². The number of rotatable bonds is 9. The molecule has 0 unspecified atom stereocenters. The van der Waals surface area contributed by atoms with Crippen molar-refractivity contribution < 1.29 is 0 Å². The van der Waals surface area contributed by atoms with Gasteiger partial charge in [0.25, 0.3) is 0 Å². The minimum atomic E-state index is 1.11. The Kier molecular flexibility index (Phi) is 9.50. The molecule has 12 rings (SSSR count). The molecule has 0 N–H and O–H groups in total. The molecule has 0 spiro atoms. The van der Waals surface area contributed by atoms with Gasteiger partial charge in [0.1, 0.15) is 0 Å². The van der Waals surface area contributed by atoms with Crippen LogP contribution in [0.15, 0.2) is 261 Å². The maximum Gasteiger partial charge on any atom is 0.0541 e. The van der Waals surface area contributed by atoms with Gasteiger partial charge in [-0.3, -0.25) is 0 Å². The number of fused-ring (bicyclic) bond motifs is 5. The first-order valence-electron chi connectivity index (χ1n) is 22.2. The summed E-state index contributed by atoms with van der Waals surface area (Å²) in [6.07, 6.45) is 0. The summed E-state index contributed by atoms with van der Waals surface area (Å²) in [4.78, 5) is 4.66. The summed E-state index contributed by atoms with van der Waals surface area (Å²) in [5.41, 5.74) is 14.8. The number of hydrogen-bond acceptors (Lipinski definition) is 2. The fourth-order valence-electron chi connectivity index (χ4n) is 9.58. The average molecular weight is 830 g/mol. The second kappa shape index (κ2) is 16.2. The first-order valence-corrected chi connectivity index (χ1v) is 22.2. The smallest absolute Gasteiger partial charge is 0.0541 e. The molecule has 3 nitrogen and oxygen atoms in total. The van der Waals surface area contributed by atoms with Crippen molar-refractivity contribution >= 4 is 77.5 Å². The second-order valence-electron chi connectivity index (χ2n) is 16.6. The molecule has 0 radical (unpaired) electrons. The van der Waals surface area contributed by atoms with Crippen LogP contribution in [0, 0.1) is 0 Å². The lowest BCUT2D eigenvalue weighted by atomic mass is 9.94. The molecule has 0 amide bonds. The molecule has 0 bridgehead atoms. The van der Waals surface area contributed by atoms with Crippen LogP contribution in [0.25, 0.3) is 71.3 Å². The Morgan fingerprint density at radius 2 is 0.585 bits per heavy atom. The van der Waals surface area contributed by atoms with Crippen LogP contribution < -0.4 is 9.80 Å². The van der Waals surface area contributed by atoms with Crippen molar-refractivity contribution in [1.82, 2.24) is 4.57 Å². The summed E-state index contributed by atoms with van der Waals surface area (Å²) in [7, 11) is 0. The van der Waals surface area contributed by atoms with E-state index in [4.69, 9.17) is 0 Å². The van der Waals surface area contributed by atoms with Crippen molar-refractivity contribution in [2.45, 2.75) is 0 Å². The molecule has 11 aromatic carbocycles. The molecule has 0 aliphatic rings. The van der Waals surface area contributed by atoms with Crippen molar-refractivity contribution in [3.63, 3.8) is 0 Å². The molecule has 0 saturated carbocycles. The number of benzene rings is 11. The highest BCUT2D eigenvalue weighted by atomic mass is 15.1. The Labute approximate surface area is 378 Å². The number of nitrogens with zero attached hydrogens (tertiary/aromatic N) is 3. The molecule has 0 aliphatic heterocycles. The lowest BCUT2D eigenvalue weighted by Gasteiger charge is -2.25. The Bertz CT molecular complexity index is 3340. The second-order valence-corrected chi connectivity index (χ2v) is 16.6. The molecule has 12 aromatic rings. The summed E-state index contributed by atoms with van der Waals surface area (Å²) in [5.74, 6) is 0. The normalized spacial score (nSPS) is 11.4. The van der Waals surface area contributed by atoms with E-state index in [1.807, 2.05) is 0 Å². The van der Waals surface area contributed by atoms with E-state index < -0.39 is 0 Å². The van der Waals surface area contributed by atoms with Gasteiger partial charge in [-0.1, -0.05) is 146 Å². The first-order chi connectivity index (χ1) is 32.2. The van der Waals surface area contributed by atoms with Gasteiger partial charge in [-0.25, -0.2) is 0 Å². The Balaban J connectivity index is 1.03. The SMILES string of the molecule is c1ccc(N(c2ccccc2)c2ccc3ccc(-c4cc(-c5ccc6ccc(N(c7ccccc7)c7ccccc7)cc6c5)cc(-n5c6ccccc6c6ccccc65)c4)cc3c2)cc1. The summed E-state index contributed by atoms with van der Waals surface area (Å²) in [6.45, 7) is 0. The van der Waals surface area contributed by atoms with Crippen molar-refractivity contribution in [2.24, 2.45) is 0 Å². The standard InChI is InChI=1S/C62H43N3/c1-5-17-52(18-6-1)63(53-19-7-2-8-20-53)56-35-33-44-29-31-46(37-48(44)40-56)50-39-51(43-58(42-50)65-61-27-15-13-25-59(61)60-26-14-16-28-62(60)65)47-32-30-45-34-36-57(41-49(45)38-47)64(54-21-9-3-10-22-54)55-23-11-4-12-24-55/h1-43H. The van der Waals surface area contributed by atoms with Gasteiger partial charge in [0.2, 0.25) is 0 Å². The van der Waals surface area contributed by atoms with Crippen LogP contribution in [0.2, 0.25) is 0 Å². The maximum atomic E-state index is 2.44. The molecular formula is C62H43N3. The third kappa shape index (κ3) is 7.06. The van der Waals surface area contributed by atoms with Crippen LogP contribution in [0.1, 0.15) is 0 Å². The minimum absolute atomic E-state index is 1.11. The number of para-hydroxylation sites is 6. The minimum Gasteiger partial charge on any atom is -0.310 e. The highest BCUT2D eigenvalue weighted by Crippen LogP contribution is 2.41. The zero-order valence-corrected chi connectivity index (χ0v) is 35.7. The maximum absolute atomic E-state index is 2.44. The topological polar surface area (TPSA) is 11.4 Å². The molecule has 0 atom stereocenters. The van der Waals surface area contributed by atoms with E-state index in [1.54, 1.807) is 0 Å². The van der Waals surface area contributed by atoms with Crippen LogP contribution in [-0.4, -0.2) is 4.57 Å². The molecule has 0 saturated heterocycles. The van der Waals surface area contributed by atoms with E-state index in [0.29, 0.717) is 0 Å². The zero-order valence-electron chi connectivity index (χ0n) is 35.7. The summed E-state index contributed by atoms with van der Waals surface area (Å²) >= 11 is 0. The fraction of sp³-hybridized carbons (Fsp3) is 0. The Morgan fingerprint density at radius 1 is 0.231 bits per heavy atom. The van der Waals surface area contributed by atoms with Crippen molar-refractivity contribution in [2.75, 3.05) is 9.80 Å². The van der Waals surface area contributed by atoms with Gasteiger partial charge in [0.15, 0.2) is 0 Å². The molecule has 1 aromatic heterocycles. The lowest BCUT2D eigenvalue weighted by Crippen LogP contribution is -2.09. The average Bonchev–Trinajstić information content (AvgIpc) is 3.72. The van der Waals surface area contributed by atoms with Gasteiger partial charge in [0.05, 0.1) is 11.0 Å². The monoisotopic (exact) mass is 829 g/mol. The van der Waals surface area contributed by atoms with E-state index in [2.05, 4.69) is 275 Å². The molecule has 65 heavy (non-hydrogen) atoms. The first kappa shape index (κ1) is 38.0.